The first-order valence-electron chi connectivity index (χ1n) is 11.5. The van der Waals surface area contributed by atoms with Gasteiger partial charge in [0.15, 0.2) is 5.65 Å². The van der Waals surface area contributed by atoms with Crippen LogP contribution in [0.2, 0.25) is 0 Å². The molecule has 0 saturated heterocycles. The number of carbonyl (C=O) groups is 1. The van der Waals surface area contributed by atoms with Crippen molar-refractivity contribution in [3.63, 3.8) is 0 Å². The lowest BCUT2D eigenvalue weighted by atomic mass is 10.0. The summed E-state index contributed by atoms with van der Waals surface area (Å²) in [5.74, 6) is 0.261. The summed E-state index contributed by atoms with van der Waals surface area (Å²) in [4.78, 5) is 22.8. The Morgan fingerprint density at radius 1 is 1.00 bits per heavy atom. The minimum absolute atomic E-state index is 0.176. The number of nitrogen functional groups attached to an aromatic ring is 1. The van der Waals surface area contributed by atoms with Crippen LogP contribution in [0.25, 0.3) is 22.2 Å². The van der Waals surface area contributed by atoms with Gasteiger partial charge in [0.1, 0.15) is 16.9 Å². The fourth-order valence-corrected chi connectivity index (χ4v) is 4.00. The summed E-state index contributed by atoms with van der Waals surface area (Å²) in [5, 5.41) is 7.53. The van der Waals surface area contributed by atoms with Crippen LogP contribution in [0.1, 0.15) is 46.8 Å². The average Bonchev–Trinajstić information content (AvgIpc) is 3.11. The Bertz CT molecular complexity index is 1580. The second-order valence-electron chi connectivity index (χ2n) is 8.85. The van der Waals surface area contributed by atoms with Crippen LogP contribution in [0.5, 0.6) is 0 Å². The van der Waals surface area contributed by atoms with E-state index in [9.17, 15) is 4.79 Å². The van der Waals surface area contributed by atoms with Gasteiger partial charge in [0, 0.05) is 5.69 Å². The largest absolute Gasteiger partial charge is 0.383 e. The third kappa shape index (κ3) is 4.36. The number of nitrogens with two attached hydrogens (primary N) is 1. The van der Waals surface area contributed by atoms with Crippen LogP contribution in [0, 0.1) is 6.92 Å². The van der Waals surface area contributed by atoms with E-state index in [1.54, 1.807) is 6.21 Å². The van der Waals surface area contributed by atoms with Crippen molar-refractivity contribution in [3.05, 3.63) is 95.1 Å². The highest BCUT2D eigenvalue weighted by Crippen LogP contribution is 2.29. The third-order valence-electron chi connectivity index (χ3n) is 5.90. The van der Waals surface area contributed by atoms with E-state index in [0.29, 0.717) is 33.8 Å². The molecule has 0 aliphatic carbocycles. The summed E-state index contributed by atoms with van der Waals surface area (Å²) in [6.45, 7) is 6.28. The molecular weight excluding hydrogens is 436 g/mol. The van der Waals surface area contributed by atoms with E-state index in [1.165, 1.54) is 10.2 Å². The fourth-order valence-electron chi connectivity index (χ4n) is 4.00. The van der Waals surface area contributed by atoms with Crippen LogP contribution in [0.15, 0.2) is 77.9 Å². The molecule has 2 heterocycles. The van der Waals surface area contributed by atoms with E-state index in [0.717, 1.165) is 11.1 Å². The second-order valence-corrected chi connectivity index (χ2v) is 8.85. The smallest absolute Gasteiger partial charge is 0.261 e. The molecular formula is C28H26N6O. The molecule has 0 fully saturated rings. The average molecular weight is 463 g/mol. The predicted octanol–water partition coefficient (Wildman–Crippen LogP) is 5.73. The first-order valence-corrected chi connectivity index (χ1v) is 11.5. The zero-order valence-corrected chi connectivity index (χ0v) is 19.9. The van der Waals surface area contributed by atoms with Crippen molar-refractivity contribution in [2.45, 2.75) is 26.7 Å². The topological polar surface area (TPSA) is 98.2 Å². The lowest BCUT2D eigenvalue weighted by molar-refractivity contribution is 0.102. The predicted molar refractivity (Wildman–Crippen MR) is 142 cm³/mol. The van der Waals surface area contributed by atoms with E-state index in [4.69, 9.17) is 15.7 Å². The normalized spacial score (nSPS) is 11.7. The third-order valence-corrected chi connectivity index (χ3v) is 5.90. The molecule has 0 radical (unpaired) electrons. The van der Waals surface area contributed by atoms with Gasteiger partial charge in [-0.2, -0.15) is 9.78 Å². The van der Waals surface area contributed by atoms with Gasteiger partial charge in [0.25, 0.3) is 5.91 Å². The molecule has 0 aliphatic heterocycles. The van der Waals surface area contributed by atoms with Crippen LogP contribution in [0.3, 0.4) is 0 Å². The van der Waals surface area contributed by atoms with E-state index < -0.39 is 0 Å². The molecule has 0 aliphatic rings. The first-order chi connectivity index (χ1) is 16.9. The van der Waals surface area contributed by atoms with Crippen LogP contribution < -0.4 is 11.1 Å². The molecule has 7 heteroatoms. The minimum atomic E-state index is -0.363. The molecule has 0 bridgehead atoms. The summed E-state index contributed by atoms with van der Waals surface area (Å²) >= 11 is 0. The van der Waals surface area contributed by atoms with Crippen LogP contribution in [0.4, 0.5) is 11.5 Å². The first kappa shape index (κ1) is 22.3. The quantitative estimate of drug-likeness (QED) is 0.326. The van der Waals surface area contributed by atoms with Gasteiger partial charge in [0.2, 0.25) is 0 Å². The number of aromatic nitrogens is 3. The SMILES string of the molecule is Cc1cccc(NC(=O)c2c(N)n(/N=C/c3ccc(C(C)C)cc3)c3nc4ccccc4nc23)c1. The van der Waals surface area contributed by atoms with E-state index in [1.807, 2.05) is 67.6 Å². The van der Waals surface area contributed by atoms with Crippen molar-refractivity contribution in [1.29, 1.82) is 0 Å². The van der Waals surface area contributed by atoms with Gasteiger partial charge in [-0.05, 0) is 53.8 Å². The van der Waals surface area contributed by atoms with E-state index >= 15 is 0 Å². The molecule has 174 valence electrons. The number of nitrogens with one attached hydrogen (secondary N) is 1. The van der Waals surface area contributed by atoms with Crippen molar-refractivity contribution < 1.29 is 4.79 Å². The Kier molecular flexibility index (Phi) is 5.74. The number of aryl methyl sites for hydroxylation is 1. The molecule has 5 rings (SSSR count). The standard InChI is InChI=1S/C28H26N6O/c1-17(2)20-13-11-19(12-14-20)16-30-34-26(29)24(28(35)31-21-8-6-7-18(3)15-21)25-27(34)33-23-10-5-4-9-22(23)32-25/h4-17H,29H2,1-3H3,(H,31,35)/b30-16+. The van der Waals surface area contributed by atoms with Gasteiger partial charge >= 0.3 is 0 Å². The number of anilines is 2. The molecule has 0 unspecified atom stereocenters. The number of hydrogen-bond donors (Lipinski definition) is 2. The Morgan fingerprint density at radius 2 is 1.71 bits per heavy atom. The van der Waals surface area contributed by atoms with Crippen LogP contribution in [-0.2, 0) is 0 Å². The van der Waals surface area contributed by atoms with E-state index in [-0.39, 0.29) is 17.3 Å². The Balaban J connectivity index is 1.62. The van der Waals surface area contributed by atoms with Gasteiger partial charge in [0.05, 0.1) is 17.2 Å². The fraction of sp³-hybridized carbons (Fsp3) is 0.143. The summed E-state index contributed by atoms with van der Waals surface area (Å²) in [6, 6.07) is 23.3. The Labute approximate surface area is 203 Å². The van der Waals surface area contributed by atoms with E-state index in [2.05, 4.69) is 36.4 Å². The Morgan fingerprint density at radius 3 is 2.40 bits per heavy atom. The number of fused-ring (bicyclic) bond motifs is 2. The lowest BCUT2D eigenvalue weighted by Gasteiger charge is -2.06. The number of para-hydroxylation sites is 2. The van der Waals surface area contributed by atoms with Crippen LogP contribution in [-0.4, -0.2) is 26.8 Å². The van der Waals surface area contributed by atoms with Gasteiger partial charge in [-0.1, -0.05) is 62.4 Å². The number of nitrogens with zero attached hydrogens (tertiary/aromatic N) is 4. The van der Waals surface area contributed by atoms with Crippen molar-refractivity contribution in [2.24, 2.45) is 5.10 Å². The number of rotatable bonds is 5. The van der Waals surface area contributed by atoms with Gasteiger partial charge in [-0.25, -0.2) is 9.97 Å². The zero-order valence-electron chi connectivity index (χ0n) is 19.9. The molecule has 3 N–H and O–H groups in total. The summed E-state index contributed by atoms with van der Waals surface area (Å²) in [5.41, 5.74) is 12.8. The summed E-state index contributed by atoms with van der Waals surface area (Å²) in [7, 11) is 0. The number of amides is 1. The van der Waals surface area contributed by atoms with Crippen molar-refractivity contribution >= 4 is 45.8 Å². The van der Waals surface area contributed by atoms with Gasteiger partial charge < -0.3 is 11.1 Å². The molecule has 1 amide bonds. The second kappa shape index (κ2) is 9.02. The van der Waals surface area contributed by atoms with Crippen molar-refractivity contribution in [1.82, 2.24) is 14.6 Å². The van der Waals surface area contributed by atoms with Gasteiger partial charge in [-0.15, -0.1) is 0 Å². The van der Waals surface area contributed by atoms with Crippen molar-refractivity contribution in [3.8, 4) is 0 Å². The molecule has 0 spiro atoms. The number of carbonyl (C=O) groups excluding carboxylic acids is 1. The zero-order chi connectivity index (χ0) is 24.5. The molecule has 0 saturated carbocycles. The highest BCUT2D eigenvalue weighted by atomic mass is 16.1. The maximum absolute atomic E-state index is 13.4. The summed E-state index contributed by atoms with van der Waals surface area (Å²) < 4.78 is 1.48. The molecule has 0 atom stereocenters. The highest BCUT2D eigenvalue weighted by Gasteiger charge is 2.24. The molecule has 2 aromatic heterocycles. The summed E-state index contributed by atoms with van der Waals surface area (Å²) in [6.07, 6.45) is 1.71. The highest BCUT2D eigenvalue weighted by molar-refractivity contribution is 6.16. The Hall–Kier alpha value is -4.52. The monoisotopic (exact) mass is 462 g/mol. The molecule has 5 aromatic rings. The maximum atomic E-state index is 13.4. The minimum Gasteiger partial charge on any atom is -0.383 e. The lowest BCUT2D eigenvalue weighted by Crippen LogP contribution is -2.14. The number of benzene rings is 3. The molecule has 35 heavy (non-hydrogen) atoms. The maximum Gasteiger partial charge on any atom is 0.261 e. The van der Waals surface area contributed by atoms with Gasteiger partial charge in [-0.3, -0.25) is 4.79 Å². The molecule has 7 nitrogen and oxygen atoms in total. The van der Waals surface area contributed by atoms with Crippen molar-refractivity contribution in [2.75, 3.05) is 11.1 Å². The molecule has 3 aromatic carbocycles. The van der Waals surface area contributed by atoms with Crippen LogP contribution >= 0.6 is 0 Å². The number of hydrogen-bond acceptors (Lipinski definition) is 5.